The molecule has 3 aromatic heterocycles. The van der Waals surface area contributed by atoms with Gasteiger partial charge in [0.1, 0.15) is 4.83 Å². The Morgan fingerprint density at radius 1 is 0.720 bits per heavy atom. The summed E-state index contributed by atoms with van der Waals surface area (Å²) in [6.07, 6.45) is 0. The average Bonchev–Trinajstić information content (AvgIpc) is 3.33. The summed E-state index contributed by atoms with van der Waals surface area (Å²) in [6.45, 7) is 0. The molecule has 3 heteroatoms. The fourth-order valence-electron chi connectivity index (χ4n) is 3.97. The maximum absolute atomic E-state index is 3.66. The maximum atomic E-state index is 3.66. The lowest BCUT2D eigenvalue weighted by molar-refractivity contribution is 1.20. The highest BCUT2D eigenvalue weighted by Crippen LogP contribution is 2.40. The van der Waals surface area contributed by atoms with Crippen molar-refractivity contribution in [1.29, 1.82) is 0 Å². The van der Waals surface area contributed by atoms with Crippen LogP contribution in [0.2, 0.25) is 0 Å². The predicted octanol–water partition coefficient (Wildman–Crippen LogP) is 6.48. The minimum absolute atomic E-state index is 1.20. The number of nitrogens with zero attached hydrogens (tertiary/aromatic N) is 1. The second kappa shape index (κ2) is 4.74. The molecule has 0 aliphatic heterocycles. The molecule has 0 amide bonds. The first kappa shape index (κ1) is 13.3. The Balaban J connectivity index is 1.87. The van der Waals surface area contributed by atoms with Gasteiger partial charge in [-0.05, 0) is 35.7 Å². The highest BCUT2D eigenvalue weighted by Gasteiger charge is 2.17. The Morgan fingerprint density at radius 2 is 1.56 bits per heavy atom. The lowest BCUT2D eigenvalue weighted by Crippen LogP contribution is -1.91. The maximum Gasteiger partial charge on any atom is 0.108 e. The number of fused-ring (bicyclic) bond motifs is 7. The molecule has 0 saturated carbocycles. The van der Waals surface area contributed by atoms with Crippen molar-refractivity contribution >= 4 is 54.3 Å². The van der Waals surface area contributed by atoms with Crippen LogP contribution in [0.1, 0.15) is 0 Å². The molecule has 0 bridgehead atoms. The van der Waals surface area contributed by atoms with E-state index < -0.39 is 0 Å². The highest BCUT2D eigenvalue weighted by atomic mass is 32.1. The average molecular weight is 338 g/mol. The Labute approximate surface area is 147 Å². The fraction of sp³-hybridized carbons (Fsp3) is 0. The van der Waals surface area contributed by atoms with Crippen molar-refractivity contribution in [1.82, 2.24) is 9.55 Å². The lowest BCUT2D eigenvalue weighted by atomic mass is 10.1. The number of benzene rings is 3. The van der Waals surface area contributed by atoms with E-state index in [1.807, 2.05) is 0 Å². The summed E-state index contributed by atoms with van der Waals surface area (Å²) >= 11 is 1.80. The van der Waals surface area contributed by atoms with Gasteiger partial charge in [0.25, 0.3) is 0 Å². The molecule has 0 atom stereocenters. The minimum atomic E-state index is 1.20. The monoisotopic (exact) mass is 338 g/mol. The van der Waals surface area contributed by atoms with Gasteiger partial charge >= 0.3 is 0 Å². The second-order valence-corrected chi connectivity index (χ2v) is 7.26. The Kier molecular flexibility index (Phi) is 2.52. The zero-order chi connectivity index (χ0) is 16.4. The van der Waals surface area contributed by atoms with Crippen LogP contribution in [0.3, 0.4) is 0 Å². The van der Waals surface area contributed by atoms with E-state index in [1.165, 1.54) is 48.6 Å². The molecule has 6 aromatic rings. The Hall–Kier alpha value is -3.04. The largest absolute Gasteiger partial charge is 0.354 e. The van der Waals surface area contributed by atoms with Crippen LogP contribution >= 0.6 is 11.3 Å². The number of hydrogen-bond acceptors (Lipinski definition) is 1. The van der Waals surface area contributed by atoms with E-state index in [2.05, 4.69) is 87.7 Å². The summed E-state index contributed by atoms with van der Waals surface area (Å²) in [5.41, 5.74) is 4.89. The van der Waals surface area contributed by atoms with Gasteiger partial charge in [-0.1, -0.05) is 42.5 Å². The SMILES string of the molecule is c1ccc(-n2c3ccc4c5ccccc5[nH]c4c3c3ccsc32)cc1. The molecule has 0 spiro atoms. The Morgan fingerprint density at radius 3 is 2.48 bits per heavy atom. The van der Waals surface area contributed by atoms with Crippen molar-refractivity contribution in [2.75, 3.05) is 0 Å². The highest BCUT2D eigenvalue weighted by molar-refractivity contribution is 7.17. The van der Waals surface area contributed by atoms with E-state index in [1.54, 1.807) is 11.3 Å². The normalized spacial score (nSPS) is 12.0. The van der Waals surface area contributed by atoms with Crippen LogP contribution in [0, 0.1) is 0 Å². The molecule has 3 aromatic carbocycles. The van der Waals surface area contributed by atoms with Gasteiger partial charge in [0.05, 0.1) is 11.0 Å². The number of hydrogen-bond donors (Lipinski definition) is 1. The third kappa shape index (κ3) is 1.68. The third-order valence-electron chi connectivity index (χ3n) is 5.03. The van der Waals surface area contributed by atoms with Crippen molar-refractivity contribution in [3.8, 4) is 5.69 Å². The molecule has 0 unspecified atom stereocenters. The van der Waals surface area contributed by atoms with Crippen LogP contribution in [-0.4, -0.2) is 9.55 Å². The summed E-state index contributed by atoms with van der Waals surface area (Å²) in [5, 5.41) is 7.40. The number of H-pyrrole nitrogens is 1. The predicted molar refractivity (Wildman–Crippen MR) is 108 cm³/mol. The fourth-order valence-corrected chi connectivity index (χ4v) is 4.91. The van der Waals surface area contributed by atoms with Gasteiger partial charge in [-0.2, -0.15) is 0 Å². The van der Waals surface area contributed by atoms with Crippen molar-refractivity contribution in [2.24, 2.45) is 0 Å². The van der Waals surface area contributed by atoms with Crippen LogP contribution in [0.5, 0.6) is 0 Å². The second-order valence-electron chi connectivity index (χ2n) is 6.36. The van der Waals surface area contributed by atoms with Crippen LogP contribution in [0.4, 0.5) is 0 Å². The van der Waals surface area contributed by atoms with Gasteiger partial charge in [0, 0.05) is 32.7 Å². The number of thiophene rings is 1. The first-order chi connectivity index (χ1) is 12.4. The summed E-state index contributed by atoms with van der Waals surface area (Å²) in [4.78, 5) is 4.96. The molecule has 0 aliphatic carbocycles. The molecule has 3 heterocycles. The van der Waals surface area contributed by atoms with Crippen molar-refractivity contribution in [2.45, 2.75) is 0 Å². The van der Waals surface area contributed by atoms with E-state index in [4.69, 9.17) is 0 Å². The number of aromatic nitrogens is 2. The molecule has 0 fully saturated rings. The molecule has 0 radical (unpaired) electrons. The lowest BCUT2D eigenvalue weighted by Gasteiger charge is -2.06. The topological polar surface area (TPSA) is 20.7 Å². The van der Waals surface area contributed by atoms with Crippen LogP contribution < -0.4 is 0 Å². The minimum Gasteiger partial charge on any atom is -0.354 e. The smallest absolute Gasteiger partial charge is 0.108 e. The molecule has 1 N–H and O–H groups in total. The molecule has 2 nitrogen and oxygen atoms in total. The zero-order valence-electron chi connectivity index (χ0n) is 13.4. The summed E-state index contributed by atoms with van der Waals surface area (Å²) in [5.74, 6) is 0. The van der Waals surface area contributed by atoms with Gasteiger partial charge in [0.15, 0.2) is 0 Å². The Bertz CT molecular complexity index is 1380. The van der Waals surface area contributed by atoms with Gasteiger partial charge in [-0.3, -0.25) is 0 Å². The molecule has 0 saturated heterocycles. The summed E-state index contributed by atoms with van der Waals surface area (Å²) in [6, 6.07) is 25.9. The van der Waals surface area contributed by atoms with Crippen LogP contribution in [0.15, 0.2) is 78.2 Å². The van der Waals surface area contributed by atoms with E-state index in [9.17, 15) is 0 Å². The van der Waals surface area contributed by atoms with E-state index in [0.29, 0.717) is 0 Å². The first-order valence-electron chi connectivity index (χ1n) is 8.38. The van der Waals surface area contributed by atoms with Crippen LogP contribution in [0.25, 0.3) is 48.6 Å². The van der Waals surface area contributed by atoms with Crippen molar-refractivity contribution in [3.63, 3.8) is 0 Å². The first-order valence-corrected chi connectivity index (χ1v) is 9.26. The molecular formula is C22H14N2S. The van der Waals surface area contributed by atoms with Gasteiger partial charge < -0.3 is 9.55 Å². The molecule has 25 heavy (non-hydrogen) atoms. The number of aromatic amines is 1. The number of rotatable bonds is 1. The number of nitrogens with one attached hydrogen (secondary N) is 1. The van der Waals surface area contributed by atoms with E-state index >= 15 is 0 Å². The van der Waals surface area contributed by atoms with Gasteiger partial charge in [-0.25, -0.2) is 0 Å². The summed E-state index contributed by atoms with van der Waals surface area (Å²) in [7, 11) is 0. The van der Waals surface area contributed by atoms with Crippen molar-refractivity contribution in [3.05, 3.63) is 78.2 Å². The summed E-state index contributed by atoms with van der Waals surface area (Å²) < 4.78 is 2.38. The van der Waals surface area contributed by atoms with Crippen LogP contribution in [-0.2, 0) is 0 Å². The quantitative estimate of drug-likeness (QED) is 0.354. The number of para-hydroxylation sites is 2. The standard InChI is InChI=1S/C22H14N2S/c1-2-6-14(7-3-1)24-19-11-10-16-15-8-4-5-9-18(15)23-21(16)20(19)17-12-13-25-22(17)24/h1-13,23H. The molecular weight excluding hydrogens is 324 g/mol. The zero-order valence-corrected chi connectivity index (χ0v) is 14.2. The molecule has 6 rings (SSSR count). The van der Waals surface area contributed by atoms with E-state index in [-0.39, 0.29) is 0 Å². The van der Waals surface area contributed by atoms with Crippen molar-refractivity contribution < 1.29 is 0 Å². The van der Waals surface area contributed by atoms with E-state index in [0.717, 1.165) is 0 Å². The third-order valence-corrected chi connectivity index (χ3v) is 5.93. The molecule has 118 valence electrons. The molecule has 0 aliphatic rings. The van der Waals surface area contributed by atoms with Gasteiger partial charge in [0.2, 0.25) is 0 Å². The van der Waals surface area contributed by atoms with Gasteiger partial charge in [-0.15, -0.1) is 11.3 Å².